The molecular weight excluding hydrogens is 194 g/mol. The first-order valence-electron chi connectivity index (χ1n) is 5.81. The van der Waals surface area contributed by atoms with Crippen molar-refractivity contribution in [2.75, 3.05) is 18.8 Å². The highest BCUT2D eigenvalue weighted by atomic mass is 32.2. The van der Waals surface area contributed by atoms with Crippen LogP contribution < -0.4 is 0 Å². The third-order valence-corrected chi connectivity index (χ3v) is 4.57. The fourth-order valence-electron chi connectivity index (χ4n) is 2.66. The molecule has 14 heavy (non-hydrogen) atoms. The van der Waals surface area contributed by atoms with Crippen LogP contribution >= 0.6 is 11.8 Å². The van der Waals surface area contributed by atoms with Crippen LogP contribution in [-0.2, 0) is 0 Å². The van der Waals surface area contributed by atoms with Crippen molar-refractivity contribution in [1.29, 1.82) is 0 Å². The van der Waals surface area contributed by atoms with Gasteiger partial charge < -0.3 is 5.11 Å². The first-order chi connectivity index (χ1) is 6.77. The number of rotatable bonds is 1. The van der Waals surface area contributed by atoms with Crippen molar-refractivity contribution in [3.05, 3.63) is 0 Å². The van der Waals surface area contributed by atoms with Gasteiger partial charge in [0.1, 0.15) is 0 Å². The van der Waals surface area contributed by atoms with Gasteiger partial charge in [-0.15, -0.1) is 0 Å². The van der Waals surface area contributed by atoms with E-state index >= 15 is 0 Å². The number of thioether (sulfide) groups is 1. The van der Waals surface area contributed by atoms with E-state index in [1.54, 1.807) is 0 Å². The maximum atomic E-state index is 9.96. The molecule has 1 saturated carbocycles. The van der Waals surface area contributed by atoms with Crippen molar-refractivity contribution >= 4 is 11.8 Å². The van der Waals surface area contributed by atoms with Crippen LogP contribution in [0.2, 0.25) is 0 Å². The van der Waals surface area contributed by atoms with Crippen molar-refractivity contribution in [1.82, 2.24) is 4.90 Å². The Balaban J connectivity index is 1.91. The second kappa shape index (κ2) is 4.86. The first kappa shape index (κ1) is 10.8. The lowest BCUT2D eigenvalue weighted by Crippen LogP contribution is -2.50. The van der Waals surface area contributed by atoms with Gasteiger partial charge in [0, 0.05) is 30.1 Å². The molecule has 0 aromatic rings. The van der Waals surface area contributed by atoms with Crippen LogP contribution in [0.25, 0.3) is 0 Å². The average Bonchev–Trinajstić information content (AvgIpc) is 2.18. The Morgan fingerprint density at radius 3 is 2.79 bits per heavy atom. The largest absolute Gasteiger partial charge is 0.391 e. The molecule has 1 aliphatic carbocycles. The first-order valence-corrected chi connectivity index (χ1v) is 6.86. The Kier molecular flexibility index (Phi) is 3.74. The lowest BCUT2D eigenvalue weighted by atomic mass is 9.91. The fourth-order valence-corrected chi connectivity index (χ4v) is 3.70. The van der Waals surface area contributed by atoms with Gasteiger partial charge in [0.25, 0.3) is 0 Å². The van der Waals surface area contributed by atoms with E-state index in [0.717, 1.165) is 11.7 Å². The van der Waals surface area contributed by atoms with Gasteiger partial charge in [0.2, 0.25) is 0 Å². The molecule has 1 unspecified atom stereocenters. The lowest BCUT2D eigenvalue weighted by molar-refractivity contribution is 0.0219. The maximum Gasteiger partial charge on any atom is 0.0695 e. The minimum atomic E-state index is -0.0564. The monoisotopic (exact) mass is 215 g/mol. The zero-order valence-electron chi connectivity index (χ0n) is 8.98. The summed E-state index contributed by atoms with van der Waals surface area (Å²) < 4.78 is 0. The molecule has 0 amide bonds. The molecule has 3 atom stereocenters. The number of hydrogen-bond acceptors (Lipinski definition) is 3. The summed E-state index contributed by atoms with van der Waals surface area (Å²) in [7, 11) is 0. The molecule has 0 spiro atoms. The van der Waals surface area contributed by atoms with Crippen molar-refractivity contribution in [2.45, 2.75) is 50.0 Å². The van der Waals surface area contributed by atoms with Gasteiger partial charge >= 0.3 is 0 Å². The van der Waals surface area contributed by atoms with Crippen LogP contribution in [0.4, 0.5) is 0 Å². The van der Waals surface area contributed by atoms with Gasteiger partial charge in [-0.3, -0.25) is 4.90 Å². The van der Waals surface area contributed by atoms with Crippen LogP contribution in [0, 0.1) is 0 Å². The molecule has 3 heteroatoms. The van der Waals surface area contributed by atoms with Crippen molar-refractivity contribution in [3.8, 4) is 0 Å². The van der Waals surface area contributed by atoms with Crippen LogP contribution in [0.5, 0.6) is 0 Å². The van der Waals surface area contributed by atoms with Gasteiger partial charge in [0.05, 0.1) is 6.10 Å². The van der Waals surface area contributed by atoms with Crippen LogP contribution in [0.3, 0.4) is 0 Å². The summed E-state index contributed by atoms with van der Waals surface area (Å²) in [5, 5.41) is 10.7. The lowest BCUT2D eigenvalue weighted by Gasteiger charge is -2.41. The van der Waals surface area contributed by atoms with E-state index in [-0.39, 0.29) is 6.10 Å². The molecule has 1 aliphatic heterocycles. The summed E-state index contributed by atoms with van der Waals surface area (Å²) in [6, 6.07) is 0.465. The van der Waals surface area contributed by atoms with E-state index in [1.165, 1.54) is 38.1 Å². The van der Waals surface area contributed by atoms with Gasteiger partial charge in [-0.1, -0.05) is 19.8 Å². The molecule has 0 aromatic heterocycles. The molecule has 2 nitrogen and oxygen atoms in total. The minimum Gasteiger partial charge on any atom is -0.391 e. The van der Waals surface area contributed by atoms with E-state index in [2.05, 4.69) is 23.6 Å². The third-order valence-electron chi connectivity index (χ3n) is 3.44. The molecule has 2 rings (SSSR count). The number of hydrogen-bond donors (Lipinski definition) is 1. The quantitative estimate of drug-likeness (QED) is 0.720. The van der Waals surface area contributed by atoms with Crippen molar-refractivity contribution in [2.24, 2.45) is 0 Å². The van der Waals surface area contributed by atoms with Gasteiger partial charge in [-0.2, -0.15) is 11.8 Å². The van der Waals surface area contributed by atoms with Crippen LogP contribution in [0.1, 0.15) is 32.6 Å². The Bertz CT molecular complexity index is 188. The molecular formula is C11H21NOS. The maximum absolute atomic E-state index is 9.96. The van der Waals surface area contributed by atoms with Gasteiger partial charge in [0.15, 0.2) is 0 Å². The third kappa shape index (κ3) is 2.44. The zero-order chi connectivity index (χ0) is 9.97. The summed E-state index contributed by atoms with van der Waals surface area (Å²) in [4.78, 5) is 2.52. The predicted molar refractivity (Wildman–Crippen MR) is 61.8 cm³/mol. The van der Waals surface area contributed by atoms with Gasteiger partial charge in [-0.25, -0.2) is 0 Å². The van der Waals surface area contributed by atoms with E-state index in [9.17, 15) is 5.11 Å². The summed E-state index contributed by atoms with van der Waals surface area (Å²) >= 11 is 2.06. The van der Waals surface area contributed by atoms with Crippen LogP contribution in [-0.4, -0.2) is 46.2 Å². The molecule has 2 aliphatic rings. The van der Waals surface area contributed by atoms with E-state index < -0.39 is 0 Å². The molecule has 1 saturated heterocycles. The molecule has 1 N–H and O–H groups in total. The summed E-state index contributed by atoms with van der Waals surface area (Å²) in [5.74, 6) is 1.24. The number of aliphatic hydroxyl groups is 1. The minimum absolute atomic E-state index is 0.0564. The topological polar surface area (TPSA) is 23.5 Å². The standard InChI is InChI=1S/C11H21NOS/c1-9-8-12(6-7-14-9)10-4-2-3-5-11(10)13/h9-11,13H,2-8H2,1H3/t9?,10-,11-/m0/s1. The fraction of sp³-hybridized carbons (Fsp3) is 1.00. The highest BCUT2D eigenvalue weighted by Gasteiger charge is 2.30. The Morgan fingerprint density at radius 1 is 1.29 bits per heavy atom. The normalized spacial score (nSPS) is 41.1. The van der Waals surface area contributed by atoms with E-state index in [1.807, 2.05) is 0 Å². The Hall–Kier alpha value is 0.270. The Labute approximate surface area is 91.1 Å². The molecule has 0 radical (unpaired) electrons. The summed E-state index contributed by atoms with van der Waals surface area (Å²) in [6.45, 7) is 4.65. The number of aliphatic hydroxyl groups excluding tert-OH is 1. The summed E-state index contributed by atoms with van der Waals surface area (Å²) in [6.07, 6.45) is 4.69. The van der Waals surface area contributed by atoms with Crippen molar-refractivity contribution in [3.63, 3.8) is 0 Å². The second-order valence-electron chi connectivity index (χ2n) is 4.60. The molecule has 82 valence electrons. The van der Waals surface area contributed by atoms with Gasteiger partial charge in [-0.05, 0) is 12.8 Å². The number of nitrogens with zero attached hydrogens (tertiary/aromatic N) is 1. The SMILES string of the molecule is CC1CN([C@H]2CCCC[C@@H]2O)CCS1. The zero-order valence-corrected chi connectivity index (χ0v) is 9.80. The van der Waals surface area contributed by atoms with Crippen LogP contribution in [0.15, 0.2) is 0 Å². The average molecular weight is 215 g/mol. The molecule has 0 aromatic carbocycles. The smallest absolute Gasteiger partial charge is 0.0695 e. The molecule has 0 bridgehead atoms. The highest BCUT2D eigenvalue weighted by Crippen LogP contribution is 2.27. The van der Waals surface area contributed by atoms with E-state index in [0.29, 0.717) is 6.04 Å². The van der Waals surface area contributed by atoms with E-state index in [4.69, 9.17) is 0 Å². The van der Waals surface area contributed by atoms with Crippen molar-refractivity contribution < 1.29 is 5.11 Å². The Morgan fingerprint density at radius 2 is 2.07 bits per heavy atom. The highest BCUT2D eigenvalue weighted by molar-refractivity contribution is 7.99. The summed E-state index contributed by atoms with van der Waals surface area (Å²) in [5.41, 5.74) is 0. The molecule has 1 heterocycles. The predicted octanol–water partition coefficient (Wildman–Crippen LogP) is 1.73. The second-order valence-corrected chi connectivity index (χ2v) is 6.14. The molecule has 2 fully saturated rings.